The minimum absolute atomic E-state index is 0.0964. The van der Waals surface area contributed by atoms with Gasteiger partial charge < -0.3 is 14.2 Å². The van der Waals surface area contributed by atoms with Crippen LogP contribution in [0.25, 0.3) is 0 Å². The molecule has 2 unspecified atom stereocenters. The van der Waals surface area contributed by atoms with E-state index in [2.05, 4.69) is 27.7 Å². The molecular weight excluding hydrogens is 216 g/mol. The van der Waals surface area contributed by atoms with Crippen LogP contribution in [0.15, 0.2) is 0 Å². The van der Waals surface area contributed by atoms with Crippen LogP contribution in [0.2, 0.25) is 0 Å². The van der Waals surface area contributed by atoms with Gasteiger partial charge in [-0.25, -0.2) is 0 Å². The summed E-state index contributed by atoms with van der Waals surface area (Å²) in [5.74, 6) is 0. The highest BCUT2D eigenvalue weighted by atomic mass is 16.6. The Balaban J connectivity index is 3.52. The summed E-state index contributed by atoms with van der Waals surface area (Å²) in [6, 6.07) is 0. The number of ether oxygens (including phenoxy) is 3. The Labute approximate surface area is 107 Å². The maximum atomic E-state index is 5.68. The summed E-state index contributed by atoms with van der Waals surface area (Å²) in [6.45, 7) is 14.5. The molecular formula is C14H30O3. The molecule has 104 valence electrons. The van der Waals surface area contributed by atoms with Crippen molar-refractivity contribution in [3.63, 3.8) is 0 Å². The van der Waals surface area contributed by atoms with Crippen molar-refractivity contribution in [3.8, 4) is 0 Å². The summed E-state index contributed by atoms with van der Waals surface area (Å²) in [7, 11) is 0. The Hall–Kier alpha value is -0.120. The molecule has 0 aliphatic heterocycles. The Morgan fingerprint density at radius 3 is 2.06 bits per heavy atom. The quantitative estimate of drug-likeness (QED) is 0.583. The molecule has 0 aliphatic rings. The fraction of sp³-hybridized carbons (Fsp3) is 1.00. The zero-order valence-corrected chi connectivity index (χ0v) is 12.4. The lowest BCUT2D eigenvalue weighted by atomic mass is 10.2. The molecule has 0 saturated carbocycles. The molecule has 0 aliphatic carbocycles. The lowest BCUT2D eigenvalue weighted by Gasteiger charge is -2.23. The van der Waals surface area contributed by atoms with Gasteiger partial charge in [-0.2, -0.15) is 0 Å². The SMILES string of the molecule is CCCCOC(C)COC(C)COC(C)(C)C. The van der Waals surface area contributed by atoms with Crippen molar-refractivity contribution < 1.29 is 14.2 Å². The van der Waals surface area contributed by atoms with E-state index in [9.17, 15) is 0 Å². The molecule has 0 bridgehead atoms. The van der Waals surface area contributed by atoms with E-state index < -0.39 is 0 Å². The summed E-state index contributed by atoms with van der Waals surface area (Å²) in [5, 5.41) is 0. The van der Waals surface area contributed by atoms with Gasteiger partial charge in [-0.15, -0.1) is 0 Å². The largest absolute Gasteiger partial charge is 0.376 e. The van der Waals surface area contributed by atoms with E-state index in [0.717, 1.165) is 13.0 Å². The van der Waals surface area contributed by atoms with Crippen LogP contribution in [0.3, 0.4) is 0 Å². The van der Waals surface area contributed by atoms with E-state index in [1.807, 2.05) is 13.8 Å². The second kappa shape index (κ2) is 8.90. The van der Waals surface area contributed by atoms with Crippen LogP contribution in [-0.4, -0.2) is 37.6 Å². The van der Waals surface area contributed by atoms with Crippen LogP contribution in [0.4, 0.5) is 0 Å². The summed E-state index contributed by atoms with van der Waals surface area (Å²) < 4.78 is 16.9. The van der Waals surface area contributed by atoms with Crippen molar-refractivity contribution in [1.29, 1.82) is 0 Å². The van der Waals surface area contributed by atoms with E-state index in [1.54, 1.807) is 0 Å². The van der Waals surface area contributed by atoms with Crippen molar-refractivity contribution in [1.82, 2.24) is 0 Å². The van der Waals surface area contributed by atoms with Crippen LogP contribution in [-0.2, 0) is 14.2 Å². The summed E-state index contributed by atoms with van der Waals surface area (Å²) in [6.07, 6.45) is 2.57. The standard InChI is InChI=1S/C14H30O3/c1-7-8-9-15-12(2)10-16-13(3)11-17-14(4,5)6/h12-13H,7-11H2,1-6H3. The van der Waals surface area contributed by atoms with Gasteiger partial charge in [-0.1, -0.05) is 13.3 Å². The molecule has 0 aromatic carbocycles. The predicted octanol–water partition coefficient (Wildman–Crippen LogP) is 3.41. The average Bonchev–Trinajstić information content (AvgIpc) is 2.23. The van der Waals surface area contributed by atoms with Crippen molar-refractivity contribution in [2.24, 2.45) is 0 Å². The van der Waals surface area contributed by atoms with Gasteiger partial charge in [0, 0.05) is 6.61 Å². The van der Waals surface area contributed by atoms with Crippen LogP contribution in [0, 0.1) is 0 Å². The highest BCUT2D eigenvalue weighted by molar-refractivity contribution is 4.61. The third-order valence-corrected chi connectivity index (χ3v) is 2.27. The molecule has 0 aromatic rings. The highest BCUT2D eigenvalue weighted by Crippen LogP contribution is 2.08. The second-order valence-corrected chi connectivity index (χ2v) is 5.60. The second-order valence-electron chi connectivity index (χ2n) is 5.60. The van der Waals surface area contributed by atoms with Gasteiger partial charge >= 0.3 is 0 Å². The summed E-state index contributed by atoms with van der Waals surface area (Å²) in [5.41, 5.74) is -0.0964. The van der Waals surface area contributed by atoms with Gasteiger partial charge in [0.05, 0.1) is 31.0 Å². The Morgan fingerprint density at radius 1 is 0.941 bits per heavy atom. The van der Waals surface area contributed by atoms with Crippen molar-refractivity contribution in [2.75, 3.05) is 19.8 Å². The topological polar surface area (TPSA) is 27.7 Å². The van der Waals surface area contributed by atoms with Crippen LogP contribution >= 0.6 is 0 Å². The number of unbranched alkanes of at least 4 members (excludes halogenated alkanes) is 1. The van der Waals surface area contributed by atoms with E-state index >= 15 is 0 Å². The highest BCUT2D eigenvalue weighted by Gasteiger charge is 2.13. The normalized spacial score (nSPS) is 15.9. The third kappa shape index (κ3) is 12.1. The molecule has 0 N–H and O–H groups in total. The zero-order chi connectivity index (χ0) is 13.3. The van der Waals surface area contributed by atoms with E-state index in [1.165, 1.54) is 6.42 Å². The van der Waals surface area contributed by atoms with Crippen molar-refractivity contribution >= 4 is 0 Å². The zero-order valence-electron chi connectivity index (χ0n) is 12.4. The Morgan fingerprint density at radius 2 is 1.53 bits per heavy atom. The predicted molar refractivity (Wildman–Crippen MR) is 71.4 cm³/mol. The van der Waals surface area contributed by atoms with Gasteiger partial charge in [0.15, 0.2) is 0 Å². The van der Waals surface area contributed by atoms with Crippen LogP contribution in [0.5, 0.6) is 0 Å². The molecule has 17 heavy (non-hydrogen) atoms. The lowest BCUT2D eigenvalue weighted by Crippen LogP contribution is -2.28. The fourth-order valence-corrected chi connectivity index (χ4v) is 1.19. The maximum Gasteiger partial charge on any atom is 0.0782 e. The molecule has 0 saturated heterocycles. The fourth-order valence-electron chi connectivity index (χ4n) is 1.19. The molecule has 2 atom stereocenters. The van der Waals surface area contributed by atoms with Crippen molar-refractivity contribution in [2.45, 2.75) is 72.2 Å². The first-order chi connectivity index (χ1) is 7.85. The Kier molecular flexibility index (Phi) is 8.83. The average molecular weight is 246 g/mol. The number of hydrogen-bond acceptors (Lipinski definition) is 3. The van der Waals surface area contributed by atoms with Gasteiger partial charge in [-0.05, 0) is 41.0 Å². The molecule has 3 nitrogen and oxygen atoms in total. The van der Waals surface area contributed by atoms with E-state index in [4.69, 9.17) is 14.2 Å². The van der Waals surface area contributed by atoms with Crippen LogP contribution < -0.4 is 0 Å². The smallest absolute Gasteiger partial charge is 0.0782 e. The van der Waals surface area contributed by atoms with E-state index in [-0.39, 0.29) is 17.8 Å². The molecule has 3 heteroatoms. The first kappa shape index (κ1) is 16.9. The first-order valence-corrected chi connectivity index (χ1v) is 6.72. The summed E-state index contributed by atoms with van der Waals surface area (Å²) >= 11 is 0. The third-order valence-electron chi connectivity index (χ3n) is 2.27. The van der Waals surface area contributed by atoms with E-state index in [0.29, 0.717) is 13.2 Å². The maximum absolute atomic E-state index is 5.68. The van der Waals surface area contributed by atoms with Gasteiger partial charge in [0.1, 0.15) is 0 Å². The van der Waals surface area contributed by atoms with Gasteiger partial charge in [0.2, 0.25) is 0 Å². The van der Waals surface area contributed by atoms with Crippen molar-refractivity contribution in [3.05, 3.63) is 0 Å². The monoisotopic (exact) mass is 246 g/mol. The molecule has 0 spiro atoms. The van der Waals surface area contributed by atoms with Gasteiger partial charge in [-0.3, -0.25) is 0 Å². The molecule has 0 heterocycles. The summed E-state index contributed by atoms with van der Waals surface area (Å²) in [4.78, 5) is 0. The molecule has 0 radical (unpaired) electrons. The molecule has 0 amide bonds. The minimum atomic E-state index is -0.0964. The van der Waals surface area contributed by atoms with Crippen LogP contribution in [0.1, 0.15) is 54.4 Å². The molecule has 0 aromatic heterocycles. The minimum Gasteiger partial charge on any atom is -0.376 e. The molecule has 0 fully saturated rings. The number of rotatable bonds is 9. The van der Waals surface area contributed by atoms with Gasteiger partial charge in [0.25, 0.3) is 0 Å². The number of hydrogen-bond donors (Lipinski definition) is 0. The lowest BCUT2D eigenvalue weighted by molar-refractivity contribution is -0.0879. The molecule has 0 rings (SSSR count). The first-order valence-electron chi connectivity index (χ1n) is 6.72. The Bertz CT molecular complexity index is 175.